The monoisotopic (exact) mass is 196 g/mol. The molecular formula is C10H16N2O2. The minimum Gasteiger partial charge on any atom is -0.342 e. The molecule has 78 valence electrons. The van der Waals surface area contributed by atoms with Crippen molar-refractivity contribution < 1.29 is 9.59 Å². The van der Waals surface area contributed by atoms with Crippen LogP contribution >= 0.6 is 0 Å². The maximum absolute atomic E-state index is 11.8. The van der Waals surface area contributed by atoms with Crippen LogP contribution in [0.5, 0.6) is 0 Å². The molecule has 2 atom stereocenters. The lowest BCUT2D eigenvalue weighted by Gasteiger charge is -2.37. The van der Waals surface area contributed by atoms with E-state index in [1.54, 1.807) is 0 Å². The summed E-state index contributed by atoms with van der Waals surface area (Å²) in [4.78, 5) is 23.4. The zero-order chi connectivity index (χ0) is 10.3. The summed E-state index contributed by atoms with van der Waals surface area (Å²) in [6.45, 7) is 3.72. The maximum atomic E-state index is 11.8. The second-order valence-electron chi connectivity index (χ2n) is 4.40. The number of piperazine rings is 1. The van der Waals surface area contributed by atoms with E-state index in [2.05, 4.69) is 10.6 Å². The molecule has 0 aromatic heterocycles. The second kappa shape index (κ2) is 2.97. The summed E-state index contributed by atoms with van der Waals surface area (Å²) in [5.74, 6) is 0.275. The van der Waals surface area contributed by atoms with Gasteiger partial charge in [-0.25, -0.2) is 0 Å². The van der Waals surface area contributed by atoms with Gasteiger partial charge in [-0.15, -0.1) is 0 Å². The summed E-state index contributed by atoms with van der Waals surface area (Å²) in [7, 11) is 0. The van der Waals surface area contributed by atoms with Gasteiger partial charge in [-0.1, -0.05) is 6.92 Å². The van der Waals surface area contributed by atoms with Gasteiger partial charge in [0.15, 0.2) is 0 Å². The number of amides is 2. The Hall–Kier alpha value is -1.06. The third-order valence-corrected chi connectivity index (χ3v) is 3.28. The Balaban J connectivity index is 2.15. The van der Waals surface area contributed by atoms with Crippen molar-refractivity contribution in [2.75, 3.05) is 0 Å². The second-order valence-corrected chi connectivity index (χ2v) is 4.40. The lowest BCUT2D eigenvalue weighted by atomic mass is 9.90. The molecule has 2 unspecified atom stereocenters. The van der Waals surface area contributed by atoms with Crippen LogP contribution in [0.15, 0.2) is 0 Å². The van der Waals surface area contributed by atoms with Crippen LogP contribution in [0, 0.1) is 5.92 Å². The van der Waals surface area contributed by atoms with Gasteiger partial charge in [0.2, 0.25) is 11.8 Å². The fraction of sp³-hybridized carbons (Fsp3) is 0.800. The van der Waals surface area contributed by atoms with Crippen LogP contribution in [0.4, 0.5) is 0 Å². The van der Waals surface area contributed by atoms with Crippen molar-refractivity contribution in [3.8, 4) is 0 Å². The Morgan fingerprint density at radius 2 is 2.07 bits per heavy atom. The van der Waals surface area contributed by atoms with Crippen LogP contribution in [-0.4, -0.2) is 23.4 Å². The summed E-state index contributed by atoms with van der Waals surface area (Å²) in [6, 6.07) is -0.339. The Morgan fingerprint density at radius 1 is 1.43 bits per heavy atom. The number of carbonyl (C=O) groups excluding carboxylic acids is 2. The molecule has 2 amide bonds. The molecule has 1 saturated heterocycles. The van der Waals surface area contributed by atoms with E-state index in [0.29, 0.717) is 12.3 Å². The molecule has 0 spiro atoms. The lowest BCUT2D eigenvalue weighted by molar-refractivity contribution is -0.141. The first kappa shape index (κ1) is 9.49. The van der Waals surface area contributed by atoms with E-state index in [1.807, 2.05) is 13.8 Å². The van der Waals surface area contributed by atoms with Crippen LogP contribution in [0.25, 0.3) is 0 Å². The van der Waals surface area contributed by atoms with E-state index in [-0.39, 0.29) is 17.9 Å². The Morgan fingerprint density at radius 3 is 2.57 bits per heavy atom. The quantitative estimate of drug-likeness (QED) is 0.662. The Bertz CT molecular complexity index is 286. The molecule has 2 fully saturated rings. The molecule has 4 nitrogen and oxygen atoms in total. The molecule has 0 aromatic carbocycles. The molecule has 4 heteroatoms. The molecule has 0 aromatic rings. The van der Waals surface area contributed by atoms with Gasteiger partial charge in [0.25, 0.3) is 0 Å². The standard InChI is InChI=1S/C10H16N2O2/c1-3-7-8(13)12-10(2,6-4-5-6)9(14)11-7/h6-7H,3-5H2,1-2H3,(H,11,14)(H,12,13). The highest BCUT2D eigenvalue weighted by Crippen LogP contribution is 2.40. The Kier molecular flexibility index (Phi) is 2.01. The molecule has 2 aliphatic rings. The molecule has 1 heterocycles. The molecule has 0 bridgehead atoms. The van der Waals surface area contributed by atoms with Gasteiger partial charge in [0, 0.05) is 0 Å². The van der Waals surface area contributed by atoms with Gasteiger partial charge >= 0.3 is 0 Å². The van der Waals surface area contributed by atoms with E-state index in [0.717, 1.165) is 12.8 Å². The van der Waals surface area contributed by atoms with E-state index in [4.69, 9.17) is 0 Å². The van der Waals surface area contributed by atoms with Gasteiger partial charge in [-0.3, -0.25) is 9.59 Å². The number of hydrogen-bond acceptors (Lipinski definition) is 2. The first-order valence-electron chi connectivity index (χ1n) is 5.21. The van der Waals surface area contributed by atoms with E-state index in [9.17, 15) is 9.59 Å². The molecule has 1 saturated carbocycles. The van der Waals surface area contributed by atoms with E-state index >= 15 is 0 Å². The topological polar surface area (TPSA) is 58.2 Å². The third-order valence-electron chi connectivity index (χ3n) is 3.28. The molecule has 0 radical (unpaired) electrons. The highest BCUT2D eigenvalue weighted by atomic mass is 16.2. The van der Waals surface area contributed by atoms with Crippen molar-refractivity contribution in [1.82, 2.24) is 10.6 Å². The average molecular weight is 196 g/mol. The minimum absolute atomic E-state index is 0.0218. The van der Waals surface area contributed by atoms with Crippen molar-refractivity contribution >= 4 is 11.8 Å². The minimum atomic E-state index is -0.650. The highest BCUT2D eigenvalue weighted by molar-refractivity contribution is 5.99. The summed E-state index contributed by atoms with van der Waals surface area (Å²) in [5, 5.41) is 5.63. The third kappa shape index (κ3) is 1.29. The van der Waals surface area contributed by atoms with Gasteiger partial charge in [0.1, 0.15) is 11.6 Å². The average Bonchev–Trinajstić information content (AvgIpc) is 2.94. The van der Waals surface area contributed by atoms with E-state index < -0.39 is 5.54 Å². The largest absolute Gasteiger partial charge is 0.342 e. The molecule has 14 heavy (non-hydrogen) atoms. The smallest absolute Gasteiger partial charge is 0.246 e. The van der Waals surface area contributed by atoms with Crippen molar-refractivity contribution in [2.24, 2.45) is 5.92 Å². The SMILES string of the molecule is CCC1NC(=O)C(C)(C2CC2)NC1=O. The van der Waals surface area contributed by atoms with Crippen LogP contribution in [0.3, 0.4) is 0 Å². The fourth-order valence-corrected chi connectivity index (χ4v) is 2.01. The van der Waals surface area contributed by atoms with Crippen molar-refractivity contribution in [2.45, 2.75) is 44.7 Å². The number of carbonyl (C=O) groups is 2. The Labute approximate surface area is 83.4 Å². The summed E-state index contributed by atoms with van der Waals surface area (Å²) in [5.41, 5.74) is -0.650. The first-order valence-corrected chi connectivity index (χ1v) is 5.21. The summed E-state index contributed by atoms with van der Waals surface area (Å²) < 4.78 is 0. The van der Waals surface area contributed by atoms with Crippen molar-refractivity contribution in [3.05, 3.63) is 0 Å². The van der Waals surface area contributed by atoms with E-state index in [1.165, 1.54) is 0 Å². The molecule has 1 aliphatic heterocycles. The number of nitrogens with one attached hydrogen (secondary N) is 2. The fourth-order valence-electron chi connectivity index (χ4n) is 2.01. The van der Waals surface area contributed by atoms with Gasteiger partial charge in [0.05, 0.1) is 0 Å². The molecular weight excluding hydrogens is 180 g/mol. The zero-order valence-corrected chi connectivity index (χ0v) is 8.59. The predicted octanol–water partition coefficient (Wildman–Crippen LogP) is 0.180. The summed E-state index contributed by atoms with van der Waals surface area (Å²) >= 11 is 0. The number of hydrogen-bond donors (Lipinski definition) is 2. The van der Waals surface area contributed by atoms with Gasteiger partial charge in [-0.2, -0.15) is 0 Å². The zero-order valence-electron chi connectivity index (χ0n) is 8.59. The molecule has 1 aliphatic carbocycles. The van der Waals surface area contributed by atoms with Gasteiger partial charge in [-0.05, 0) is 32.1 Å². The van der Waals surface area contributed by atoms with Crippen LogP contribution in [0.2, 0.25) is 0 Å². The molecule has 2 N–H and O–H groups in total. The van der Waals surface area contributed by atoms with Crippen LogP contribution in [0.1, 0.15) is 33.1 Å². The highest BCUT2D eigenvalue weighted by Gasteiger charge is 2.51. The maximum Gasteiger partial charge on any atom is 0.246 e. The van der Waals surface area contributed by atoms with Gasteiger partial charge < -0.3 is 10.6 Å². The first-order chi connectivity index (χ1) is 6.58. The number of rotatable bonds is 2. The van der Waals surface area contributed by atoms with Crippen molar-refractivity contribution in [1.29, 1.82) is 0 Å². The van der Waals surface area contributed by atoms with Crippen LogP contribution < -0.4 is 10.6 Å². The summed E-state index contributed by atoms with van der Waals surface area (Å²) in [6.07, 6.45) is 2.74. The lowest BCUT2D eigenvalue weighted by Crippen LogP contribution is -2.68. The predicted molar refractivity (Wildman–Crippen MR) is 51.5 cm³/mol. The van der Waals surface area contributed by atoms with Crippen molar-refractivity contribution in [3.63, 3.8) is 0 Å². The molecule has 2 rings (SSSR count). The van der Waals surface area contributed by atoms with Crippen LogP contribution in [-0.2, 0) is 9.59 Å². The normalized spacial score (nSPS) is 37.7.